The molecule has 114 valence electrons. The zero-order valence-electron chi connectivity index (χ0n) is 12.1. The van der Waals surface area contributed by atoms with E-state index >= 15 is 0 Å². The fourth-order valence-electron chi connectivity index (χ4n) is 3.66. The Labute approximate surface area is 124 Å². The van der Waals surface area contributed by atoms with Gasteiger partial charge >= 0.3 is 0 Å². The van der Waals surface area contributed by atoms with E-state index < -0.39 is 5.60 Å². The van der Waals surface area contributed by atoms with Gasteiger partial charge in [0.25, 0.3) is 5.91 Å². The van der Waals surface area contributed by atoms with Gasteiger partial charge in [0, 0.05) is 19.0 Å². The molecule has 1 aromatic rings. The predicted octanol–water partition coefficient (Wildman–Crippen LogP) is 1.74. The van der Waals surface area contributed by atoms with Crippen molar-refractivity contribution in [3.8, 4) is 5.75 Å². The van der Waals surface area contributed by atoms with Gasteiger partial charge in [0.1, 0.15) is 0 Å². The number of aliphatic hydroxyl groups is 1. The Kier molecular flexibility index (Phi) is 3.53. The molecule has 2 aliphatic rings. The Hall–Kier alpha value is -1.75. The monoisotopic (exact) mass is 290 g/mol. The summed E-state index contributed by atoms with van der Waals surface area (Å²) in [6, 6.07) is 4.83. The fraction of sp³-hybridized carbons (Fsp3) is 0.562. The van der Waals surface area contributed by atoms with E-state index in [0.717, 1.165) is 25.7 Å². The molecule has 2 atom stereocenters. The number of likely N-dealkylation sites (tertiary alicyclic amines) is 1. The molecular weight excluding hydrogens is 268 g/mol. The number of nitrogens with zero attached hydrogens (tertiary/aromatic N) is 1. The lowest BCUT2D eigenvalue weighted by atomic mass is 9.71. The standard InChI is InChI=1S/C16H22N2O3/c17-13-6-3-5-12(14(13)19)15(20)18-9-8-16(21)7-2-1-4-11(16)10-18/h3,5-6,11,19,21H,1-2,4,7-10,17H2. The molecule has 0 bridgehead atoms. The molecule has 1 saturated heterocycles. The summed E-state index contributed by atoms with van der Waals surface area (Å²) in [5, 5.41) is 20.6. The minimum absolute atomic E-state index is 0.146. The number of hydrogen-bond acceptors (Lipinski definition) is 4. The van der Waals surface area contributed by atoms with Gasteiger partial charge in [-0.3, -0.25) is 4.79 Å². The fourth-order valence-corrected chi connectivity index (χ4v) is 3.66. The molecular formula is C16H22N2O3. The van der Waals surface area contributed by atoms with Crippen LogP contribution < -0.4 is 5.73 Å². The number of phenolic OH excluding ortho intramolecular Hbond substituents is 1. The van der Waals surface area contributed by atoms with E-state index in [-0.39, 0.29) is 28.8 Å². The first-order chi connectivity index (χ1) is 10.0. The van der Waals surface area contributed by atoms with Crippen molar-refractivity contribution >= 4 is 11.6 Å². The number of carbonyl (C=O) groups is 1. The van der Waals surface area contributed by atoms with Gasteiger partial charge in [-0.25, -0.2) is 0 Å². The normalized spacial score (nSPS) is 29.0. The second-order valence-electron chi connectivity index (χ2n) is 6.29. The van der Waals surface area contributed by atoms with Crippen LogP contribution in [0.1, 0.15) is 42.5 Å². The SMILES string of the molecule is Nc1cccc(C(=O)N2CCC3(O)CCCCC3C2)c1O. The summed E-state index contributed by atoms with van der Waals surface area (Å²) in [7, 11) is 0. The van der Waals surface area contributed by atoms with E-state index in [4.69, 9.17) is 5.73 Å². The molecule has 1 saturated carbocycles. The van der Waals surface area contributed by atoms with Gasteiger partial charge < -0.3 is 20.8 Å². The molecule has 4 N–H and O–H groups in total. The highest BCUT2D eigenvalue weighted by Gasteiger charge is 2.44. The first-order valence-electron chi connectivity index (χ1n) is 7.60. The zero-order chi connectivity index (χ0) is 15.0. The van der Waals surface area contributed by atoms with E-state index in [1.165, 1.54) is 0 Å². The smallest absolute Gasteiger partial charge is 0.257 e. The summed E-state index contributed by atoms with van der Waals surface area (Å²) < 4.78 is 0. The third-order valence-electron chi connectivity index (χ3n) is 5.01. The highest BCUT2D eigenvalue weighted by Crippen LogP contribution is 2.40. The summed E-state index contributed by atoms with van der Waals surface area (Å²) in [6.07, 6.45) is 4.59. The van der Waals surface area contributed by atoms with E-state index in [1.807, 2.05) is 0 Å². The number of rotatable bonds is 1. The van der Waals surface area contributed by atoms with Crippen molar-refractivity contribution in [1.29, 1.82) is 0 Å². The first-order valence-corrected chi connectivity index (χ1v) is 7.60. The maximum absolute atomic E-state index is 12.6. The zero-order valence-corrected chi connectivity index (χ0v) is 12.1. The highest BCUT2D eigenvalue weighted by molar-refractivity contribution is 5.98. The maximum Gasteiger partial charge on any atom is 0.257 e. The summed E-state index contributed by atoms with van der Waals surface area (Å²) in [6.45, 7) is 1.09. The van der Waals surface area contributed by atoms with Crippen molar-refractivity contribution < 1.29 is 15.0 Å². The molecule has 1 aliphatic heterocycles. The number of anilines is 1. The topological polar surface area (TPSA) is 86.8 Å². The van der Waals surface area contributed by atoms with Gasteiger partial charge in [-0.1, -0.05) is 18.9 Å². The van der Waals surface area contributed by atoms with Gasteiger partial charge in [-0.05, 0) is 31.4 Å². The summed E-state index contributed by atoms with van der Waals surface area (Å²) in [4.78, 5) is 14.3. The van der Waals surface area contributed by atoms with Crippen LogP contribution in [0.3, 0.4) is 0 Å². The number of hydrogen-bond donors (Lipinski definition) is 3. The molecule has 3 rings (SSSR count). The molecule has 1 aromatic carbocycles. The molecule has 5 nitrogen and oxygen atoms in total. The number of nitrogens with two attached hydrogens (primary N) is 1. The molecule has 0 radical (unpaired) electrons. The van der Waals surface area contributed by atoms with Crippen LogP contribution in [0.2, 0.25) is 0 Å². The lowest BCUT2D eigenvalue weighted by molar-refractivity contribution is -0.0886. The number of phenols is 1. The van der Waals surface area contributed by atoms with Crippen LogP contribution in [0.5, 0.6) is 5.75 Å². The lowest BCUT2D eigenvalue weighted by Crippen LogP contribution is -2.54. The Morgan fingerprint density at radius 2 is 2.14 bits per heavy atom. The molecule has 2 unspecified atom stereocenters. The minimum atomic E-state index is -0.604. The predicted molar refractivity (Wildman–Crippen MR) is 79.9 cm³/mol. The molecule has 1 aliphatic carbocycles. The Morgan fingerprint density at radius 3 is 2.95 bits per heavy atom. The quantitative estimate of drug-likeness (QED) is 0.543. The number of piperidine rings is 1. The van der Waals surface area contributed by atoms with Crippen molar-refractivity contribution in [2.45, 2.75) is 37.7 Å². The maximum atomic E-state index is 12.6. The van der Waals surface area contributed by atoms with Crippen LogP contribution in [-0.2, 0) is 0 Å². The molecule has 2 fully saturated rings. The lowest BCUT2D eigenvalue weighted by Gasteiger charge is -2.47. The highest BCUT2D eigenvalue weighted by atomic mass is 16.3. The van der Waals surface area contributed by atoms with E-state index in [2.05, 4.69) is 0 Å². The Morgan fingerprint density at radius 1 is 1.33 bits per heavy atom. The minimum Gasteiger partial charge on any atom is -0.505 e. The van der Waals surface area contributed by atoms with Crippen molar-refractivity contribution in [2.24, 2.45) is 5.92 Å². The Bertz CT molecular complexity index is 560. The van der Waals surface area contributed by atoms with E-state index in [9.17, 15) is 15.0 Å². The third kappa shape index (κ3) is 2.46. The van der Waals surface area contributed by atoms with Gasteiger partial charge in [-0.2, -0.15) is 0 Å². The number of benzene rings is 1. The van der Waals surface area contributed by atoms with Crippen LogP contribution in [0.15, 0.2) is 18.2 Å². The summed E-state index contributed by atoms with van der Waals surface area (Å²) in [5.74, 6) is -0.202. The van der Waals surface area contributed by atoms with Gasteiger partial charge in [-0.15, -0.1) is 0 Å². The van der Waals surface area contributed by atoms with Crippen molar-refractivity contribution in [3.63, 3.8) is 0 Å². The molecule has 21 heavy (non-hydrogen) atoms. The van der Waals surface area contributed by atoms with Crippen molar-refractivity contribution in [2.75, 3.05) is 18.8 Å². The van der Waals surface area contributed by atoms with Crippen LogP contribution >= 0.6 is 0 Å². The van der Waals surface area contributed by atoms with Crippen LogP contribution in [0.4, 0.5) is 5.69 Å². The summed E-state index contributed by atoms with van der Waals surface area (Å²) >= 11 is 0. The van der Waals surface area contributed by atoms with Gasteiger partial charge in [0.05, 0.1) is 16.9 Å². The average molecular weight is 290 g/mol. The summed E-state index contributed by atoms with van der Waals surface area (Å²) in [5.41, 5.74) is 5.51. The van der Waals surface area contributed by atoms with Crippen LogP contribution in [-0.4, -0.2) is 39.7 Å². The number of aromatic hydroxyl groups is 1. The number of nitrogen functional groups attached to an aromatic ring is 1. The van der Waals surface area contributed by atoms with E-state index in [0.29, 0.717) is 19.5 Å². The number of para-hydroxylation sites is 1. The second kappa shape index (κ2) is 5.22. The number of amides is 1. The first kappa shape index (κ1) is 14.2. The molecule has 1 heterocycles. The van der Waals surface area contributed by atoms with Gasteiger partial charge in [0.2, 0.25) is 0 Å². The van der Waals surface area contributed by atoms with Gasteiger partial charge in [0.15, 0.2) is 5.75 Å². The van der Waals surface area contributed by atoms with Crippen LogP contribution in [0.25, 0.3) is 0 Å². The molecule has 1 amide bonds. The second-order valence-corrected chi connectivity index (χ2v) is 6.29. The number of carbonyl (C=O) groups excluding carboxylic acids is 1. The number of fused-ring (bicyclic) bond motifs is 1. The molecule has 0 spiro atoms. The van der Waals surface area contributed by atoms with E-state index in [1.54, 1.807) is 23.1 Å². The Balaban J connectivity index is 1.79. The largest absolute Gasteiger partial charge is 0.505 e. The van der Waals surface area contributed by atoms with Crippen molar-refractivity contribution in [1.82, 2.24) is 4.90 Å². The molecule has 5 heteroatoms. The van der Waals surface area contributed by atoms with Crippen LogP contribution in [0, 0.1) is 5.92 Å². The third-order valence-corrected chi connectivity index (χ3v) is 5.01. The average Bonchev–Trinajstić information content (AvgIpc) is 2.48. The van der Waals surface area contributed by atoms with Crippen molar-refractivity contribution in [3.05, 3.63) is 23.8 Å². The molecule has 0 aromatic heterocycles.